The second-order valence-electron chi connectivity index (χ2n) is 5.74. The van der Waals surface area contributed by atoms with Gasteiger partial charge in [0.2, 0.25) is 0 Å². The van der Waals surface area contributed by atoms with Gasteiger partial charge in [0.25, 0.3) is 0 Å². The molecule has 0 bridgehead atoms. The predicted octanol–water partition coefficient (Wildman–Crippen LogP) is 3.95. The Labute approximate surface area is 185 Å². The highest BCUT2D eigenvalue weighted by atomic mass is 127. The summed E-state index contributed by atoms with van der Waals surface area (Å²) >= 11 is 12.1. The van der Waals surface area contributed by atoms with Gasteiger partial charge in [-0.15, -0.1) is 34.2 Å². The van der Waals surface area contributed by atoms with Gasteiger partial charge in [-0.2, -0.15) is 0 Å². The number of aryl methyl sites for hydroxylation is 1. The van der Waals surface area contributed by atoms with Crippen LogP contribution in [0.1, 0.15) is 17.8 Å². The average Bonchev–Trinajstić information content (AvgIpc) is 3.06. The fourth-order valence-corrected chi connectivity index (χ4v) is 3.11. The highest BCUT2D eigenvalue weighted by molar-refractivity contribution is 14.0. The first-order valence-electron chi connectivity index (χ1n) is 8.34. The second kappa shape index (κ2) is 10.7. The standard InChI is InChI=1S/C18H20Cl2N6.HI/c1-21-18(22-9-4-5-13-7-8-14(19)11-15(13)20)23-12-17-25-24-16-6-2-3-10-26(16)17;/h2-3,6-8,10-11H,4-5,9,12H2,1H3,(H2,21,22,23);1H. The largest absolute Gasteiger partial charge is 0.356 e. The molecule has 2 aromatic heterocycles. The van der Waals surface area contributed by atoms with E-state index in [1.807, 2.05) is 40.9 Å². The Bertz CT molecular complexity index is 912. The van der Waals surface area contributed by atoms with E-state index in [2.05, 4.69) is 25.8 Å². The van der Waals surface area contributed by atoms with Gasteiger partial charge in [-0.1, -0.05) is 35.3 Å². The number of benzene rings is 1. The molecule has 2 N–H and O–H groups in total. The normalized spacial score (nSPS) is 11.3. The summed E-state index contributed by atoms with van der Waals surface area (Å²) in [5.41, 5.74) is 1.92. The molecule has 0 atom stereocenters. The van der Waals surface area contributed by atoms with Crippen LogP contribution in [0.3, 0.4) is 0 Å². The minimum absolute atomic E-state index is 0. The topological polar surface area (TPSA) is 66.6 Å². The van der Waals surface area contributed by atoms with Gasteiger partial charge in [0, 0.05) is 29.8 Å². The number of aliphatic imine (C=N–C) groups is 1. The van der Waals surface area contributed by atoms with E-state index in [-0.39, 0.29) is 24.0 Å². The molecule has 6 nitrogen and oxygen atoms in total. The molecule has 27 heavy (non-hydrogen) atoms. The van der Waals surface area contributed by atoms with Crippen LogP contribution in [0.4, 0.5) is 0 Å². The quantitative estimate of drug-likeness (QED) is 0.224. The van der Waals surface area contributed by atoms with E-state index < -0.39 is 0 Å². The number of aromatic nitrogens is 3. The lowest BCUT2D eigenvalue weighted by Gasteiger charge is -2.11. The third-order valence-corrected chi connectivity index (χ3v) is 4.54. The van der Waals surface area contributed by atoms with Gasteiger partial charge in [-0.25, -0.2) is 0 Å². The number of halogens is 3. The van der Waals surface area contributed by atoms with Gasteiger partial charge < -0.3 is 10.6 Å². The van der Waals surface area contributed by atoms with Gasteiger partial charge in [0.05, 0.1) is 6.54 Å². The molecule has 3 aromatic rings. The predicted molar refractivity (Wildman–Crippen MR) is 121 cm³/mol. The number of nitrogens with zero attached hydrogens (tertiary/aromatic N) is 4. The maximum atomic E-state index is 6.20. The minimum Gasteiger partial charge on any atom is -0.356 e. The van der Waals surface area contributed by atoms with Gasteiger partial charge in [-0.05, 0) is 42.7 Å². The van der Waals surface area contributed by atoms with Crippen molar-refractivity contribution in [1.82, 2.24) is 25.2 Å². The summed E-state index contributed by atoms with van der Waals surface area (Å²) in [6.07, 6.45) is 3.74. The van der Waals surface area contributed by atoms with Crippen LogP contribution < -0.4 is 10.6 Å². The van der Waals surface area contributed by atoms with Gasteiger partial charge in [0.15, 0.2) is 17.4 Å². The molecular formula is C18H21Cl2IN6. The van der Waals surface area contributed by atoms with E-state index >= 15 is 0 Å². The Morgan fingerprint density at radius 1 is 1.15 bits per heavy atom. The molecule has 0 amide bonds. The van der Waals surface area contributed by atoms with E-state index in [1.54, 1.807) is 13.1 Å². The Morgan fingerprint density at radius 2 is 2.00 bits per heavy atom. The van der Waals surface area contributed by atoms with Crippen LogP contribution in [0.5, 0.6) is 0 Å². The summed E-state index contributed by atoms with van der Waals surface area (Å²) in [6, 6.07) is 11.4. The molecule has 9 heteroatoms. The number of nitrogens with one attached hydrogen (secondary N) is 2. The molecule has 0 spiro atoms. The molecule has 0 radical (unpaired) electrons. The third-order valence-electron chi connectivity index (χ3n) is 3.95. The molecule has 0 aliphatic rings. The summed E-state index contributed by atoms with van der Waals surface area (Å²) in [4.78, 5) is 4.23. The number of hydrogen-bond acceptors (Lipinski definition) is 3. The summed E-state index contributed by atoms with van der Waals surface area (Å²) in [5.74, 6) is 1.55. The minimum atomic E-state index is 0. The van der Waals surface area contributed by atoms with Crippen molar-refractivity contribution < 1.29 is 0 Å². The van der Waals surface area contributed by atoms with E-state index in [4.69, 9.17) is 23.2 Å². The van der Waals surface area contributed by atoms with Crippen molar-refractivity contribution in [3.63, 3.8) is 0 Å². The van der Waals surface area contributed by atoms with Crippen LogP contribution >= 0.6 is 47.2 Å². The number of guanidine groups is 1. The van der Waals surface area contributed by atoms with Crippen LogP contribution in [0, 0.1) is 0 Å². The van der Waals surface area contributed by atoms with Crippen molar-refractivity contribution in [2.45, 2.75) is 19.4 Å². The van der Waals surface area contributed by atoms with Crippen LogP contribution in [0.15, 0.2) is 47.6 Å². The van der Waals surface area contributed by atoms with Crippen LogP contribution in [-0.2, 0) is 13.0 Å². The molecule has 0 fully saturated rings. The van der Waals surface area contributed by atoms with Gasteiger partial charge in [-0.3, -0.25) is 9.39 Å². The molecule has 2 heterocycles. The zero-order chi connectivity index (χ0) is 18.4. The SMILES string of the molecule is CN=C(NCCCc1ccc(Cl)cc1Cl)NCc1nnc2ccccn12.I. The van der Waals surface area contributed by atoms with Crippen molar-refractivity contribution in [2.75, 3.05) is 13.6 Å². The highest BCUT2D eigenvalue weighted by Gasteiger charge is 2.06. The van der Waals surface area contributed by atoms with E-state index in [0.717, 1.165) is 42.4 Å². The first-order chi connectivity index (χ1) is 12.7. The molecule has 0 unspecified atom stereocenters. The second-order valence-corrected chi connectivity index (χ2v) is 6.58. The highest BCUT2D eigenvalue weighted by Crippen LogP contribution is 2.21. The Hall–Kier alpha value is -1.58. The lowest BCUT2D eigenvalue weighted by atomic mass is 10.1. The molecule has 3 rings (SSSR count). The van der Waals surface area contributed by atoms with E-state index in [1.165, 1.54) is 0 Å². The van der Waals surface area contributed by atoms with Crippen molar-refractivity contribution in [1.29, 1.82) is 0 Å². The van der Waals surface area contributed by atoms with Crippen LogP contribution in [0.2, 0.25) is 10.0 Å². The zero-order valence-electron chi connectivity index (χ0n) is 14.8. The molecule has 0 aliphatic heterocycles. The maximum Gasteiger partial charge on any atom is 0.191 e. The van der Waals surface area contributed by atoms with E-state index in [9.17, 15) is 0 Å². The van der Waals surface area contributed by atoms with Crippen molar-refractivity contribution in [2.24, 2.45) is 4.99 Å². The van der Waals surface area contributed by atoms with Crippen molar-refractivity contribution in [3.8, 4) is 0 Å². The van der Waals surface area contributed by atoms with Crippen molar-refractivity contribution in [3.05, 3.63) is 64.0 Å². The molecule has 0 aliphatic carbocycles. The molecule has 0 saturated heterocycles. The number of hydrogen-bond donors (Lipinski definition) is 2. The Balaban J connectivity index is 0.00000261. The maximum absolute atomic E-state index is 6.20. The summed E-state index contributed by atoms with van der Waals surface area (Å²) < 4.78 is 1.95. The van der Waals surface area contributed by atoms with E-state index in [0.29, 0.717) is 16.6 Å². The monoisotopic (exact) mass is 518 g/mol. The van der Waals surface area contributed by atoms with Crippen LogP contribution in [0.25, 0.3) is 5.65 Å². The first kappa shape index (κ1) is 21.7. The lowest BCUT2D eigenvalue weighted by Crippen LogP contribution is -2.37. The first-order valence-corrected chi connectivity index (χ1v) is 9.10. The molecule has 144 valence electrons. The number of pyridine rings is 1. The Kier molecular flexibility index (Phi) is 8.59. The summed E-state index contributed by atoms with van der Waals surface area (Å²) in [6.45, 7) is 1.31. The molecule has 1 aromatic carbocycles. The van der Waals surface area contributed by atoms with Gasteiger partial charge >= 0.3 is 0 Å². The van der Waals surface area contributed by atoms with Crippen LogP contribution in [-0.4, -0.2) is 34.2 Å². The Morgan fingerprint density at radius 3 is 2.78 bits per heavy atom. The molecule has 0 saturated carbocycles. The molecular weight excluding hydrogens is 498 g/mol. The number of rotatable bonds is 6. The third kappa shape index (κ3) is 5.95. The zero-order valence-corrected chi connectivity index (χ0v) is 18.7. The lowest BCUT2D eigenvalue weighted by molar-refractivity contribution is 0.727. The summed E-state index contributed by atoms with van der Waals surface area (Å²) in [7, 11) is 1.74. The fraction of sp³-hybridized carbons (Fsp3) is 0.278. The summed E-state index contributed by atoms with van der Waals surface area (Å²) in [5, 5.41) is 16.2. The van der Waals surface area contributed by atoms with Gasteiger partial charge in [0.1, 0.15) is 0 Å². The average molecular weight is 519 g/mol. The number of fused-ring (bicyclic) bond motifs is 1. The smallest absolute Gasteiger partial charge is 0.191 e. The van der Waals surface area contributed by atoms with Crippen molar-refractivity contribution >= 4 is 58.8 Å². The fourth-order valence-electron chi connectivity index (χ4n) is 2.60.